The van der Waals surface area contributed by atoms with Crippen molar-refractivity contribution in [1.82, 2.24) is 4.90 Å². The quantitative estimate of drug-likeness (QED) is 0.776. The van der Waals surface area contributed by atoms with E-state index in [1.165, 1.54) is 6.07 Å². The van der Waals surface area contributed by atoms with E-state index in [2.05, 4.69) is 4.90 Å². The maximum absolute atomic E-state index is 14.2. The Bertz CT molecular complexity index is 471. The first kappa shape index (κ1) is 15.0. The minimum absolute atomic E-state index is 0.182. The molecule has 1 saturated heterocycles. The van der Waals surface area contributed by atoms with Gasteiger partial charge < -0.3 is 4.74 Å². The molecule has 0 aliphatic carbocycles. The first-order valence-corrected chi connectivity index (χ1v) is 7.23. The Hall–Kier alpha value is -1.42. The van der Waals surface area contributed by atoms with Gasteiger partial charge in [-0.05, 0) is 45.8 Å². The van der Waals surface area contributed by atoms with Crippen LogP contribution in [0.3, 0.4) is 0 Å². The summed E-state index contributed by atoms with van der Waals surface area (Å²) in [5.74, 6) is -0.531. The zero-order valence-electron chi connectivity index (χ0n) is 12.2. The van der Waals surface area contributed by atoms with Crippen LogP contribution in [-0.2, 0) is 15.1 Å². The number of benzene rings is 1. The molecule has 1 aliphatic heterocycles. The third-order valence-electron chi connectivity index (χ3n) is 4.05. The summed E-state index contributed by atoms with van der Waals surface area (Å²) in [4.78, 5) is 14.1. The molecule has 1 aromatic rings. The molecule has 0 spiro atoms. The second-order valence-corrected chi connectivity index (χ2v) is 5.43. The standard InChI is InChI=1S/C16H22FNO2/c1-3-20-15(19)12-16(2,18-10-6-7-11-18)13-8-4-5-9-14(13)17/h4-5,8-9H,3,6-7,10-12H2,1-2H3. The van der Waals surface area contributed by atoms with Gasteiger partial charge in [-0.3, -0.25) is 9.69 Å². The van der Waals surface area contributed by atoms with Gasteiger partial charge in [-0.25, -0.2) is 4.39 Å². The van der Waals surface area contributed by atoms with Gasteiger partial charge in [0.2, 0.25) is 0 Å². The van der Waals surface area contributed by atoms with Gasteiger partial charge in [0.1, 0.15) is 5.82 Å². The van der Waals surface area contributed by atoms with Gasteiger partial charge in [0.25, 0.3) is 0 Å². The zero-order valence-corrected chi connectivity index (χ0v) is 12.2. The van der Waals surface area contributed by atoms with Crippen LogP contribution in [0.5, 0.6) is 0 Å². The van der Waals surface area contributed by atoms with Gasteiger partial charge in [0.05, 0.1) is 18.6 Å². The third kappa shape index (κ3) is 3.01. The molecule has 0 radical (unpaired) electrons. The van der Waals surface area contributed by atoms with Crippen LogP contribution >= 0.6 is 0 Å². The molecule has 1 fully saturated rings. The van der Waals surface area contributed by atoms with Crippen molar-refractivity contribution < 1.29 is 13.9 Å². The Morgan fingerprint density at radius 1 is 1.35 bits per heavy atom. The first-order valence-electron chi connectivity index (χ1n) is 7.23. The van der Waals surface area contributed by atoms with E-state index < -0.39 is 5.54 Å². The van der Waals surface area contributed by atoms with Crippen molar-refractivity contribution in [2.45, 2.75) is 38.6 Å². The summed E-state index contributed by atoms with van der Waals surface area (Å²) in [5.41, 5.74) is -0.0522. The van der Waals surface area contributed by atoms with Crippen LogP contribution in [0.2, 0.25) is 0 Å². The molecule has 1 atom stereocenters. The van der Waals surface area contributed by atoms with Crippen molar-refractivity contribution >= 4 is 5.97 Å². The van der Waals surface area contributed by atoms with E-state index in [0.717, 1.165) is 25.9 Å². The number of hydrogen-bond acceptors (Lipinski definition) is 3. The molecule has 0 saturated carbocycles. The molecule has 0 aromatic heterocycles. The van der Waals surface area contributed by atoms with E-state index in [9.17, 15) is 9.18 Å². The Labute approximate surface area is 119 Å². The van der Waals surface area contributed by atoms with E-state index in [-0.39, 0.29) is 18.2 Å². The smallest absolute Gasteiger partial charge is 0.308 e. The second-order valence-electron chi connectivity index (χ2n) is 5.43. The summed E-state index contributed by atoms with van der Waals surface area (Å²) in [5, 5.41) is 0. The van der Waals surface area contributed by atoms with Gasteiger partial charge in [-0.2, -0.15) is 0 Å². The van der Waals surface area contributed by atoms with E-state index in [0.29, 0.717) is 12.2 Å². The van der Waals surface area contributed by atoms with Crippen molar-refractivity contribution in [2.24, 2.45) is 0 Å². The monoisotopic (exact) mass is 279 g/mol. The second kappa shape index (κ2) is 6.35. The number of halogens is 1. The number of nitrogens with zero attached hydrogens (tertiary/aromatic N) is 1. The lowest BCUT2D eigenvalue weighted by atomic mass is 9.86. The normalized spacial score (nSPS) is 18.8. The Morgan fingerprint density at radius 2 is 2.00 bits per heavy atom. The maximum atomic E-state index is 14.2. The summed E-state index contributed by atoms with van der Waals surface area (Å²) < 4.78 is 19.3. The highest BCUT2D eigenvalue weighted by atomic mass is 19.1. The third-order valence-corrected chi connectivity index (χ3v) is 4.05. The van der Waals surface area contributed by atoms with Crippen molar-refractivity contribution in [1.29, 1.82) is 0 Å². The number of carbonyl (C=O) groups excluding carboxylic acids is 1. The summed E-state index contributed by atoms with van der Waals surface area (Å²) in [6.07, 6.45) is 2.36. The van der Waals surface area contributed by atoms with Crippen LogP contribution in [-0.4, -0.2) is 30.6 Å². The van der Waals surface area contributed by atoms with Crippen molar-refractivity contribution in [3.05, 3.63) is 35.6 Å². The number of hydrogen-bond donors (Lipinski definition) is 0. The molecule has 110 valence electrons. The maximum Gasteiger partial charge on any atom is 0.308 e. The van der Waals surface area contributed by atoms with Crippen molar-refractivity contribution in [2.75, 3.05) is 19.7 Å². The molecule has 0 bridgehead atoms. The number of carbonyl (C=O) groups is 1. The lowest BCUT2D eigenvalue weighted by Gasteiger charge is -2.38. The number of esters is 1. The Morgan fingerprint density at radius 3 is 2.60 bits per heavy atom. The molecule has 1 heterocycles. The van der Waals surface area contributed by atoms with Crippen LogP contribution in [0.1, 0.15) is 38.7 Å². The molecule has 0 amide bonds. The lowest BCUT2D eigenvalue weighted by Crippen LogP contribution is -2.44. The molecule has 2 rings (SSSR count). The van der Waals surface area contributed by atoms with Crippen LogP contribution in [0.4, 0.5) is 4.39 Å². The summed E-state index contributed by atoms with van der Waals surface area (Å²) in [6, 6.07) is 6.72. The SMILES string of the molecule is CCOC(=O)CC(C)(c1ccccc1F)N1CCCC1. The topological polar surface area (TPSA) is 29.5 Å². The molecule has 3 nitrogen and oxygen atoms in total. The van der Waals surface area contributed by atoms with Gasteiger partial charge in [0, 0.05) is 5.56 Å². The summed E-state index contributed by atoms with van der Waals surface area (Å²) in [6.45, 7) is 5.86. The van der Waals surface area contributed by atoms with E-state index >= 15 is 0 Å². The fourth-order valence-electron chi connectivity index (χ4n) is 2.98. The average molecular weight is 279 g/mol. The molecule has 20 heavy (non-hydrogen) atoms. The Balaban J connectivity index is 2.33. The molecular weight excluding hydrogens is 257 g/mol. The largest absolute Gasteiger partial charge is 0.466 e. The van der Waals surface area contributed by atoms with Crippen molar-refractivity contribution in [3.63, 3.8) is 0 Å². The van der Waals surface area contributed by atoms with Crippen LogP contribution < -0.4 is 0 Å². The highest BCUT2D eigenvalue weighted by Gasteiger charge is 2.39. The van der Waals surface area contributed by atoms with E-state index in [1.54, 1.807) is 19.1 Å². The molecule has 1 unspecified atom stereocenters. The first-order chi connectivity index (χ1) is 9.58. The minimum atomic E-state index is -0.631. The fourth-order valence-corrected chi connectivity index (χ4v) is 2.98. The predicted octanol–water partition coefficient (Wildman–Crippen LogP) is 3.09. The number of likely N-dealkylation sites (tertiary alicyclic amines) is 1. The van der Waals surface area contributed by atoms with E-state index in [4.69, 9.17) is 4.74 Å². The van der Waals surface area contributed by atoms with Crippen LogP contribution in [0, 0.1) is 5.82 Å². The van der Waals surface area contributed by atoms with Gasteiger partial charge in [0.15, 0.2) is 0 Å². The van der Waals surface area contributed by atoms with Crippen molar-refractivity contribution in [3.8, 4) is 0 Å². The highest BCUT2D eigenvalue weighted by Crippen LogP contribution is 2.36. The summed E-state index contributed by atoms with van der Waals surface area (Å²) >= 11 is 0. The average Bonchev–Trinajstić information content (AvgIpc) is 2.93. The zero-order chi connectivity index (χ0) is 14.6. The van der Waals surface area contributed by atoms with Gasteiger partial charge in [-0.15, -0.1) is 0 Å². The fraction of sp³-hybridized carbons (Fsp3) is 0.562. The molecule has 0 N–H and O–H groups in total. The van der Waals surface area contributed by atoms with Crippen LogP contribution in [0.25, 0.3) is 0 Å². The number of ether oxygens (including phenoxy) is 1. The molecule has 1 aliphatic rings. The highest BCUT2D eigenvalue weighted by molar-refractivity contribution is 5.71. The minimum Gasteiger partial charge on any atom is -0.466 e. The lowest BCUT2D eigenvalue weighted by molar-refractivity contribution is -0.146. The number of rotatable bonds is 5. The molecular formula is C16H22FNO2. The van der Waals surface area contributed by atoms with Gasteiger partial charge in [-0.1, -0.05) is 18.2 Å². The molecule has 1 aromatic carbocycles. The summed E-state index contributed by atoms with van der Waals surface area (Å²) in [7, 11) is 0. The van der Waals surface area contributed by atoms with Gasteiger partial charge >= 0.3 is 5.97 Å². The predicted molar refractivity (Wildman–Crippen MR) is 75.8 cm³/mol. The van der Waals surface area contributed by atoms with Crippen LogP contribution in [0.15, 0.2) is 24.3 Å². The Kier molecular flexibility index (Phi) is 4.76. The van der Waals surface area contributed by atoms with E-state index in [1.807, 2.05) is 13.0 Å². The molecule has 4 heteroatoms.